The number of imide groups is 1. The molecule has 9 heteroatoms. The van der Waals surface area contributed by atoms with Gasteiger partial charge in [-0.25, -0.2) is 9.69 Å². The molecule has 4 amide bonds. The molecule has 9 nitrogen and oxygen atoms in total. The van der Waals surface area contributed by atoms with E-state index in [-0.39, 0.29) is 24.7 Å². The van der Waals surface area contributed by atoms with Crippen LogP contribution >= 0.6 is 0 Å². The third-order valence-corrected chi connectivity index (χ3v) is 4.23. The number of amides is 4. The Labute approximate surface area is 156 Å². The number of carbonyl (C=O) groups is 3. The first kappa shape index (κ1) is 18.4. The van der Waals surface area contributed by atoms with E-state index < -0.39 is 12.1 Å². The number of urea groups is 1. The van der Waals surface area contributed by atoms with Gasteiger partial charge in [-0.15, -0.1) is 0 Å². The van der Waals surface area contributed by atoms with E-state index in [4.69, 9.17) is 4.74 Å². The molecule has 1 aliphatic rings. The Morgan fingerprint density at radius 1 is 1.30 bits per heavy atom. The van der Waals surface area contributed by atoms with Crippen LogP contribution < -0.4 is 20.3 Å². The normalized spacial score (nSPS) is 16.3. The summed E-state index contributed by atoms with van der Waals surface area (Å²) in [5, 5.41) is 9.45. The number of ether oxygens (including phenoxy) is 1. The van der Waals surface area contributed by atoms with Crippen molar-refractivity contribution >= 4 is 23.5 Å². The van der Waals surface area contributed by atoms with Gasteiger partial charge in [0.05, 0.1) is 19.3 Å². The fraction of sp³-hybridized carbons (Fsp3) is 0.333. The van der Waals surface area contributed by atoms with Crippen molar-refractivity contribution in [3.63, 3.8) is 0 Å². The second-order valence-corrected chi connectivity index (χ2v) is 6.03. The molecule has 1 aromatic carbocycles. The first-order valence-corrected chi connectivity index (χ1v) is 8.61. The molecule has 2 heterocycles. The molecule has 0 bridgehead atoms. The molecular formula is C18H21N5O4. The maximum Gasteiger partial charge on any atom is 0.329 e. The average molecular weight is 371 g/mol. The molecule has 0 spiro atoms. The average Bonchev–Trinajstić information content (AvgIpc) is 3.28. The summed E-state index contributed by atoms with van der Waals surface area (Å²) >= 11 is 0. The van der Waals surface area contributed by atoms with Crippen LogP contribution in [-0.2, 0) is 16.1 Å². The van der Waals surface area contributed by atoms with E-state index in [1.165, 1.54) is 0 Å². The number of methoxy groups -OCH3 is 1. The Bertz CT molecular complexity index is 804. The summed E-state index contributed by atoms with van der Waals surface area (Å²) in [4.78, 5) is 37.7. The molecule has 0 saturated carbocycles. The summed E-state index contributed by atoms with van der Waals surface area (Å²) in [7, 11) is 1.54. The molecule has 3 rings (SSSR count). The predicted octanol–water partition coefficient (Wildman–Crippen LogP) is 0.913. The summed E-state index contributed by atoms with van der Waals surface area (Å²) in [6, 6.07) is 7.24. The first-order valence-electron chi connectivity index (χ1n) is 8.61. The fourth-order valence-electron chi connectivity index (χ4n) is 2.81. The summed E-state index contributed by atoms with van der Waals surface area (Å²) in [5.41, 5.74) is 0.462. The number of anilines is 1. The first-order chi connectivity index (χ1) is 13.1. The van der Waals surface area contributed by atoms with E-state index in [9.17, 15) is 14.4 Å². The monoisotopic (exact) mass is 371 g/mol. The van der Waals surface area contributed by atoms with E-state index in [0.717, 1.165) is 4.90 Å². The summed E-state index contributed by atoms with van der Waals surface area (Å²) in [6.07, 6.45) is 3.87. The molecule has 0 radical (unpaired) electrons. The van der Waals surface area contributed by atoms with Crippen LogP contribution in [0.25, 0.3) is 0 Å². The molecule has 2 aromatic rings. The van der Waals surface area contributed by atoms with E-state index >= 15 is 0 Å². The quantitative estimate of drug-likeness (QED) is 0.671. The zero-order chi connectivity index (χ0) is 19.2. The number of benzene rings is 1. The van der Waals surface area contributed by atoms with E-state index in [1.807, 2.05) is 12.3 Å². The lowest BCUT2D eigenvalue weighted by molar-refractivity contribution is -0.121. The number of carbonyl (C=O) groups excluding carboxylic acids is 3. The summed E-state index contributed by atoms with van der Waals surface area (Å²) < 4.78 is 6.79. The van der Waals surface area contributed by atoms with Gasteiger partial charge in [-0.2, -0.15) is 5.10 Å². The largest absolute Gasteiger partial charge is 0.497 e. The third kappa shape index (κ3) is 4.43. The molecule has 1 fully saturated rings. The molecule has 1 aliphatic heterocycles. The highest BCUT2D eigenvalue weighted by Crippen LogP contribution is 2.23. The lowest BCUT2D eigenvalue weighted by atomic mass is 10.1. The number of nitrogens with one attached hydrogen (secondary N) is 2. The van der Waals surface area contributed by atoms with Crippen molar-refractivity contribution in [3.05, 3.63) is 42.7 Å². The van der Waals surface area contributed by atoms with Gasteiger partial charge in [-0.05, 0) is 36.8 Å². The Balaban J connectivity index is 1.48. The molecule has 0 aliphatic carbocycles. The standard InChI is InChI=1S/C18H21N5O4/c1-27-14-5-3-13(4-6-14)23-17(25)15(21-18(23)26)7-8-16(24)19-10-12-22-11-2-9-20-22/h2-6,9,11,15H,7-8,10,12H2,1H3,(H,19,24)(H,21,26)/t15-/m1/s1. The second-order valence-electron chi connectivity index (χ2n) is 6.03. The Hall–Kier alpha value is -3.36. The minimum atomic E-state index is -0.712. The molecule has 0 unspecified atom stereocenters. The fourth-order valence-corrected chi connectivity index (χ4v) is 2.81. The molecule has 1 aromatic heterocycles. The number of nitrogens with zero attached hydrogens (tertiary/aromatic N) is 3. The van der Waals surface area contributed by atoms with Crippen LogP contribution in [0.4, 0.5) is 10.5 Å². The molecule has 1 saturated heterocycles. The van der Waals surface area contributed by atoms with Crippen LogP contribution in [0.2, 0.25) is 0 Å². The zero-order valence-electron chi connectivity index (χ0n) is 14.9. The highest BCUT2D eigenvalue weighted by Gasteiger charge is 2.38. The van der Waals surface area contributed by atoms with Crippen LogP contribution in [0.15, 0.2) is 42.7 Å². The van der Waals surface area contributed by atoms with Gasteiger partial charge in [0, 0.05) is 25.4 Å². The van der Waals surface area contributed by atoms with Crippen LogP contribution in [0.1, 0.15) is 12.8 Å². The predicted molar refractivity (Wildman–Crippen MR) is 97.3 cm³/mol. The Morgan fingerprint density at radius 2 is 2.07 bits per heavy atom. The number of rotatable bonds is 8. The number of aromatic nitrogens is 2. The topological polar surface area (TPSA) is 106 Å². The van der Waals surface area contributed by atoms with Gasteiger partial charge in [0.1, 0.15) is 11.8 Å². The van der Waals surface area contributed by atoms with Crippen molar-refractivity contribution < 1.29 is 19.1 Å². The van der Waals surface area contributed by atoms with E-state index in [1.54, 1.807) is 42.3 Å². The smallest absolute Gasteiger partial charge is 0.329 e. The minimum absolute atomic E-state index is 0.145. The van der Waals surface area contributed by atoms with Crippen molar-refractivity contribution in [2.24, 2.45) is 0 Å². The third-order valence-electron chi connectivity index (χ3n) is 4.23. The van der Waals surface area contributed by atoms with Gasteiger partial charge >= 0.3 is 6.03 Å². The van der Waals surface area contributed by atoms with Crippen LogP contribution in [0.3, 0.4) is 0 Å². The van der Waals surface area contributed by atoms with Gasteiger partial charge in [0.25, 0.3) is 5.91 Å². The Kier molecular flexibility index (Phi) is 5.70. The van der Waals surface area contributed by atoms with E-state index in [2.05, 4.69) is 15.7 Å². The van der Waals surface area contributed by atoms with Crippen LogP contribution in [-0.4, -0.2) is 47.3 Å². The second kappa shape index (κ2) is 8.35. The lowest BCUT2D eigenvalue weighted by Crippen LogP contribution is -2.33. The molecule has 2 N–H and O–H groups in total. The molecule has 1 atom stereocenters. The minimum Gasteiger partial charge on any atom is -0.497 e. The van der Waals surface area contributed by atoms with Gasteiger partial charge in [-0.1, -0.05) is 0 Å². The molecule has 27 heavy (non-hydrogen) atoms. The van der Waals surface area contributed by atoms with Crippen molar-refractivity contribution in [2.75, 3.05) is 18.6 Å². The summed E-state index contributed by atoms with van der Waals surface area (Å²) in [5.74, 6) is 0.0933. The van der Waals surface area contributed by atoms with Crippen molar-refractivity contribution in [1.29, 1.82) is 0 Å². The number of hydrogen-bond acceptors (Lipinski definition) is 5. The number of hydrogen-bond donors (Lipinski definition) is 2. The van der Waals surface area contributed by atoms with Gasteiger partial charge in [0.15, 0.2) is 0 Å². The van der Waals surface area contributed by atoms with Crippen LogP contribution in [0, 0.1) is 0 Å². The maximum absolute atomic E-state index is 12.5. The summed E-state index contributed by atoms with van der Waals surface area (Å²) in [6.45, 7) is 1.02. The zero-order valence-corrected chi connectivity index (χ0v) is 14.9. The maximum atomic E-state index is 12.5. The Morgan fingerprint density at radius 3 is 2.74 bits per heavy atom. The van der Waals surface area contributed by atoms with Crippen molar-refractivity contribution in [1.82, 2.24) is 20.4 Å². The highest BCUT2D eigenvalue weighted by molar-refractivity contribution is 6.21. The molecule has 142 valence electrons. The molecular weight excluding hydrogens is 350 g/mol. The highest BCUT2D eigenvalue weighted by atomic mass is 16.5. The van der Waals surface area contributed by atoms with Crippen molar-refractivity contribution in [2.45, 2.75) is 25.4 Å². The van der Waals surface area contributed by atoms with Gasteiger partial charge < -0.3 is 15.4 Å². The SMILES string of the molecule is COc1ccc(N2C(=O)N[C@H](CCC(=O)NCCn3cccn3)C2=O)cc1. The lowest BCUT2D eigenvalue weighted by Gasteiger charge is -2.13. The van der Waals surface area contributed by atoms with Gasteiger partial charge in [-0.3, -0.25) is 14.3 Å². The van der Waals surface area contributed by atoms with Gasteiger partial charge in [0.2, 0.25) is 5.91 Å². The van der Waals surface area contributed by atoms with Crippen molar-refractivity contribution in [3.8, 4) is 5.75 Å². The van der Waals surface area contributed by atoms with E-state index in [0.29, 0.717) is 24.5 Å². The van der Waals surface area contributed by atoms with Crippen LogP contribution in [0.5, 0.6) is 5.75 Å².